The van der Waals surface area contributed by atoms with Crippen LogP contribution < -0.4 is 0 Å². The molecule has 0 aromatic carbocycles. The Morgan fingerprint density at radius 1 is 0.750 bits per heavy atom. The Kier molecular flexibility index (Phi) is 624. The first-order chi connectivity index (χ1) is 0. The summed E-state index contributed by atoms with van der Waals surface area (Å²) in [6.07, 6.45) is 0. The summed E-state index contributed by atoms with van der Waals surface area (Å²) in [5.41, 5.74) is 0. The molecule has 21 valence electrons. The standard InChI is InChI=1S/Mn.2O.Zn/q+2;2*-2;+2. The van der Waals surface area contributed by atoms with Gasteiger partial charge in [-0.1, -0.05) is 0 Å². The first kappa shape index (κ1) is 74.0. The summed E-state index contributed by atoms with van der Waals surface area (Å²) in [5.74, 6) is 0. The van der Waals surface area contributed by atoms with Gasteiger partial charge in [0.25, 0.3) is 0 Å². The van der Waals surface area contributed by atoms with Gasteiger partial charge in [-0.05, 0) is 0 Å². The maximum absolute atomic E-state index is 0. The van der Waals surface area contributed by atoms with Crippen molar-refractivity contribution >= 4 is 0 Å². The number of hydrogen-bond donors (Lipinski definition) is 0. The summed E-state index contributed by atoms with van der Waals surface area (Å²) in [6, 6.07) is 0. The maximum Gasteiger partial charge on any atom is 2.00 e. The molecule has 0 spiro atoms. The van der Waals surface area contributed by atoms with E-state index in [4.69, 9.17) is 0 Å². The first-order valence-corrected chi connectivity index (χ1v) is 0. The first-order valence-electron chi connectivity index (χ1n) is 0. The Balaban J connectivity index is 0. The van der Waals surface area contributed by atoms with E-state index in [1.807, 2.05) is 0 Å². The van der Waals surface area contributed by atoms with Crippen LogP contribution in [0.5, 0.6) is 0 Å². The van der Waals surface area contributed by atoms with Crippen molar-refractivity contribution in [3.63, 3.8) is 0 Å². The summed E-state index contributed by atoms with van der Waals surface area (Å²) < 4.78 is 0. The number of hydrogen-bond acceptors (Lipinski definition) is 0. The zero-order valence-corrected chi connectivity index (χ0v) is 6.05. The van der Waals surface area contributed by atoms with Crippen LogP contribution in [0.3, 0.4) is 0 Å². The molecule has 4 heteroatoms. The van der Waals surface area contributed by atoms with Crippen LogP contribution in [0, 0.1) is 0 Å². The van der Waals surface area contributed by atoms with Crippen LogP contribution in [0.4, 0.5) is 0 Å². The molecule has 0 aliphatic rings. The van der Waals surface area contributed by atoms with Gasteiger partial charge in [-0.2, -0.15) is 0 Å². The Morgan fingerprint density at radius 3 is 0.750 bits per heavy atom. The topological polar surface area (TPSA) is 57.0 Å². The zero-order chi connectivity index (χ0) is 0. The molecule has 0 amide bonds. The van der Waals surface area contributed by atoms with Crippen molar-refractivity contribution in [2.24, 2.45) is 0 Å². The van der Waals surface area contributed by atoms with Gasteiger partial charge in [-0.25, -0.2) is 0 Å². The minimum Gasteiger partial charge on any atom is -2.00 e. The Hall–Kier alpha value is 1.06. The van der Waals surface area contributed by atoms with Crippen LogP contribution in [0.25, 0.3) is 0 Å². The summed E-state index contributed by atoms with van der Waals surface area (Å²) in [4.78, 5) is 0. The molecule has 0 aliphatic carbocycles. The predicted molar refractivity (Wildman–Crippen MR) is 1.37 cm³/mol. The minimum absolute atomic E-state index is 0. The van der Waals surface area contributed by atoms with Crippen LogP contribution in [-0.2, 0) is 47.5 Å². The van der Waals surface area contributed by atoms with Gasteiger partial charge in [0.15, 0.2) is 0 Å². The van der Waals surface area contributed by atoms with Gasteiger partial charge in [0.05, 0.1) is 0 Å². The fourth-order valence-corrected chi connectivity index (χ4v) is 0. The van der Waals surface area contributed by atoms with Crippen LogP contribution in [0.2, 0.25) is 0 Å². The predicted octanol–water partition coefficient (Wildman–Crippen LogP) is -0.243. The van der Waals surface area contributed by atoms with E-state index in [-0.39, 0.29) is 47.5 Å². The van der Waals surface area contributed by atoms with Crippen molar-refractivity contribution in [2.45, 2.75) is 0 Å². The normalized spacial score (nSPS) is 0. The Labute approximate surface area is 47.8 Å². The van der Waals surface area contributed by atoms with Crippen LogP contribution in [0.15, 0.2) is 0 Å². The Bertz CT molecular complexity index is 6.00. The molecule has 0 N–H and O–H groups in total. The third-order valence-electron chi connectivity index (χ3n) is 0. The summed E-state index contributed by atoms with van der Waals surface area (Å²) >= 11 is 0. The molecule has 0 aromatic rings. The van der Waals surface area contributed by atoms with Gasteiger partial charge in [-0.3, -0.25) is 0 Å². The molecule has 0 aromatic heterocycles. The van der Waals surface area contributed by atoms with E-state index >= 15 is 0 Å². The molecule has 0 aliphatic heterocycles. The molecule has 0 fully saturated rings. The third-order valence-corrected chi connectivity index (χ3v) is 0. The molecule has 0 saturated heterocycles. The zero-order valence-electron chi connectivity index (χ0n) is 1.90. The van der Waals surface area contributed by atoms with E-state index in [9.17, 15) is 0 Å². The van der Waals surface area contributed by atoms with Gasteiger partial charge in [0.2, 0.25) is 0 Å². The van der Waals surface area contributed by atoms with E-state index in [0.717, 1.165) is 0 Å². The molecule has 0 saturated carbocycles. The average molecular weight is 152 g/mol. The molecular weight excluding hydrogens is 152 g/mol. The molecule has 1 radical (unpaired) electrons. The summed E-state index contributed by atoms with van der Waals surface area (Å²) in [6.45, 7) is 0. The van der Waals surface area contributed by atoms with E-state index in [0.29, 0.717) is 0 Å². The molecule has 0 heterocycles. The molecule has 0 atom stereocenters. The fourth-order valence-electron chi connectivity index (χ4n) is 0. The minimum atomic E-state index is 0. The van der Waals surface area contributed by atoms with E-state index in [2.05, 4.69) is 0 Å². The molecule has 0 unspecified atom stereocenters. The van der Waals surface area contributed by atoms with Gasteiger partial charge in [-0.15, -0.1) is 0 Å². The molecule has 0 bridgehead atoms. The van der Waals surface area contributed by atoms with Crippen LogP contribution in [0.1, 0.15) is 0 Å². The second-order valence-corrected chi connectivity index (χ2v) is 0. The largest absolute Gasteiger partial charge is 2.00 e. The second kappa shape index (κ2) is 33.7. The summed E-state index contributed by atoms with van der Waals surface area (Å²) in [5, 5.41) is 0. The molecule has 2 nitrogen and oxygen atoms in total. The fraction of sp³-hybridized carbons (Fsp3) is 0. The van der Waals surface area contributed by atoms with Gasteiger partial charge < -0.3 is 11.0 Å². The van der Waals surface area contributed by atoms with Crippen LogP contribution >= 0.6 is 0 Å². The van der Waals surface area contributed by atoms with Crippen molar-refractivity contribution in [1.82, 2.24) is 0 Å². The van der Waals surface area contributed by atoms with Crippen molar-refractivity contribution in [2.75, 3.05) is 0 Å². The average Bonchev–Trinajstić information content (AvgIpc) is 0. The second-order valence-electron chi connectivity index (χ2n) is 0. The quantitative estimate of drug-likeness (QED) is 0.430. The van der Waals surface area contributed by atoms with Crippen molar-refractivity contribution in [3.05, 3.63) is 0 Å². The molecule has 4 heavy (non-hydrogen) atoms. The van der Waals surface area contributed by atoms with Crippen molar-refractivity contribution in [1.29, 1.82) is 0 Å². The van der Waals surface area contributed by atoms with Gasteiger partial charge in [0, 0.05) is 0 Å². The van der Waals surface area contributed by atoms with Crippen molar-refractivity contribution in [3.8, 4) is 0 Å². The monoisotopic (exact) mass is 151 g/mol. The smallest absolute Gasteiger partial charge is 2.00 e. The van der Waals surface area contributed by atoms with E-state index < -0.39 is 0 Å². The van der Waals surface area contributed by atoms with Gasteiger partial charge >= 0.3 is 36.5 Å². The maximum atomic E-state index is 0. The molecule has 0 rings (SSSR count). The summed E-state index contributed by atoms with van der Waals surface area (Å²) in [7, 11) is 0. The molecular formula is MnO2Zn. The van der Waals surface area contributed by atoms with E-state index in [1.54, 1.807) is 0 Å². The SMILES string of the molecule is [Mn+2].[O-2].[O-2].[Zn+2]. The van der Waals surface area contributed by atoms with Gasteiger partial charge in [0.1, 0.15) is 0 Å². The Morgan fingerprint density at radius 2 is 0.750 bits per heavy atom. The third kappa shape index (κ3) is 11.5. The van der Waals surface area contributed by atoms with Crippen LogP contribution in [-0.4, -0.2) is 0 Å². The number of rotatable bonds is 0. The van der Waals surface area contributed by atoms with E-state index in [1.165, 1.54) is 0 Å². The van der Waals surface area contributed by atoms with Crippen molar-refractivity contribution < 1.29 is 47.5 Å².